The van der Waals surface area contributed by atoms with Crippen LogP contribution in [0, 0.1) is 23.7 Å². The number of hydrogen-bond acceptors (Lipinski definition) is 11. The van der Waals surface area contributed by atoms with Crippen LogP contribution >= 0.6 is 0 Å². The fourth-order valence-electron chi connectivity index (χ4n) is 8.49. The predicted molar refractivity (Wildman–Crippen MR) is 208 cm³/mol. The number of unbranched alkanes of at least 4 members (excludes halogenated alkanes) is 2. The van der Waals surface area contributed by atoms with Gasteiger partial charge in [-0.2, -0.15) is 0 Å². The Morgan fingerprint density at radius 2 is 1.32 bits per heavy atom. The van der Waals surface area contributed by atoms with Crippen molar-refractivity contribution in [2.45, 2.75) is 154 Å². The van der Waals surface area contributed by atoms with Gasteiger partial charge in [-0.15, -0.1) is 0 Å². The third-order valence-corrected chi connectivity index (χ3v) is 12.3. The van der Waals surface area contributed by atoms with Crippen LogP contribution in [0.4, 0.5) is 0 Å². The average molecular weight is 782 g/mol. The summed E-state index contributed by atoms with van der Waals surface area (Å²) in [4.78, 5) is 2.85. The van der Waals surface area contributed by atoms with Crippen molar-refractivity contribution in [3.05, 3.63) is 82.2 Å². The fraction of sp³-hybridized carbons (Fsp3) is 0.721. The van der Waals surface area contributed by atoms with Crippen molar-refractivity contribution in [3.63, 3.8) is 0 Å². The van der Waals surface area contributed by atoms with Gasteiger partial charge in [0.05, 0.1) is 25.4 Å². The summed E-state index contributed by atoms with van der Waals surface area (Å²) in [5.74, 6) is 0.436. The van der Waals surface area contributed by atoms with E-state index in [0.717, 1.165) is 43.2 Å². The highest BCUT2D eigenvalue weighted by molar-refractivity contribution is 5.17. The van der Waals surface area contributed by atoms with Crippen LogP contribution in [0.5, 0.6) is 0 Å². The van der Waals surface area contributed by atoms with Crippen molar-refractivity contribution in [2.75, 3.05) is 19.8 Å². The molecule has 0 bridgehead atoms. The van der Waals surface area contributed by atoms with Gasteiger partial charge in [0, 0.05) is 23.6 Å². The molecule has 2 aromatic rings. The lowest BCUT2D eigenvalue weighted by atomic mass is 9.81. The second-order valence-electron chi connectivity index (χ2n) is 15.9. The molecular weight excluding hydrogens is 718 g/mol. The van der Waals surface area contributed by atoms with Gasteiger partial charge in [-0.3, -0.25) is 0 Å². The van der Waals surface area contributed by atoms with Crippen molar-refractivity contribution in [3.8, 4) is 0 Å². The van der Waals surface area contributed by atoms with Crippen molar-refractivity contribution in [1.82, 2.24) is 0 Å². The van der Waals surface area contributed by atoms with Gasteiger partial charge >= 0.3 is 0 Å². The molecule has 4 aliphatic rings. The van der Waals surface area contributed by atoms with Gasteiger partial charge in [-0.1, -0.05) is 114 Å². The van der Waals surface area contributed by atoms with E-state index < -0.39 is 61.8 Å². The second-order valence-corrected chi connectivity index (χ2v) is 15.9. The van der Waals surface area contributed by atoms with Gasteiger partial charge in [-0.05, 0) is 60.4 Å². The van der Waals surface area contributed by atoms with E-state index in [-0.39, 0.29) is 49.1 Å². The van der Waals surface area contributed by atoms with E-state index in [1.54, 1.807) is 0 Å². The second kappa shape index (κ2) is 20.9. The van der Waals surface area contributed by atoms with E-state index >= 15 is 0 Å². The highest BCUT2D eigenvalue weighted by Crippen LogP contribution is 2.42. The summed E-state index contributed by atoms with van der Waals surface area (Å²) in [5.41, 5.74) is 10.4. The molecule has 1 N–H and O–H groups in total. The van der Waals surface area contributed by atoms with Gasteiger partial charge in [-0.25, -0.2) is 0 Å². The number of benzene rings is 2. The molecule has 13 nitrogen and oxygen atoms in total. The fourth-order valence-corrected chi connectivity index (χ4v) is 8.49. The molecule has 4 saturated heterocycles. The van der Waals surface area contributed by atoms with Gasteiger partial charge < -0.3 is 47.7 Å². The van der Waals surface area contributed by atoms with Gasteiger partial charge in [0.15, 0.2) is 25.2 Å². The van der Waals surface area contributed by atoms with Gasteiger partial charge in [0.2, 0.25) is 0 Å². The number of nitrogens with zero attached hydrogens (tertiary/aromatic N) is 3. The van der Waals surface area contributed by atoms with E-state index in [1.165, 1.54) is 0 Å². The van der Waals surface area contributed by atoms with Crippen LogP contribution in [0.3, 0.4) is 0 Å². The number of aliphatic hydroxyl groups is 1. The standard InChI is InChI=1S/C43H63N3O10/c1-7-32-26(3)28(5)36(41(51-32)48-23-17-11-16-22-45-46-44)54-42-37(29(6)27(4)33(8-2)52-42)55-43-39(49-24-30-18-12-9-13-19-30)35(47)38-34(53-43)25-50-40(56-38)31-20-14-10-15-21-31/h9-10,12-15,18-21,26-29,32-43,47H,7-8,11,16-17,22-25H2,1-6H3/t26-,27-,28-,29-,32?,33?,34?,35-,36?,37?,38+,39?,40?,41-,42+,43-/m0/s1. The summed E-state index contributed by atoms with van der Waals surface area (Å²) in [6.07, 6.45) is -3.22. The van der Waals surface area contributed by atoms with Crippen LogP contribution in [0.25, 0.3) is 10.4 Å². The highest BCUT2D eigenvalue weighted by Gasteiger charge is 2.54. The molecule has 0 aliphatic carbocycles. The van der Waals surface area contributed by atoms with Crippen LogP contribution in [-0.4, -0.2) is 92.6 Å². The van der Waals surface area contributed by atoms with E-state index in [4.69, 9.17) is 48.2 Å². The zero-order valence-corrected chi connectivity index (χ0v) is 33.8. The molecule has 0 aromatic heterocycles. The SMILES string of the molecule is CCC1O[C@H](OC2[C@@H](OCCCCCN=[N+]=[N-])OC(CC)[C@@H](C)[C@@H]2C)C(O[C@@H]2OC3COC(c4ccccc4)O[C@H]3[C@H](O)C2OCc2ccccc2)[C@@H](C)[C@@H]1C. The Bertz CT molecular complexity index is 1500. The molecular formula is C43H63N3O10. The molecule has 56 heavy (non-hydrogen) atoms. The van der Waals surface area contributed by atoms with Crippen LogP contribution in [0.1, 0.15) is 91.1 Å². The molecule has 7 unspecified atom stereocenters. The minimum absolute atomic E-state index is 0.00989. The molecule has 6 rings (SSSR count). The van der Waals surface area contributed by atoms with Crippen molar-refractivity contribution in [1.29, 1.82) is 0 Å². The van der Waals surface area contributed by atoms with Crippen LogP contribution in [-0.2, 0) is 49.2 Å². The Labute approximate surface area is 332 Å². The number of ether oxygens (including phenoxy) is 9. The third-order valence-electron chi connectivity index (χ3n) is 12.3. The summed E-state index contributed by atoms with van der Waals surface area (Å²) in [5, 5.41) is 15.7. The lowest BCUT2D eigenvalue weighted by molar-refractivity contribution is -0.398. The summed E-state index contributed by atoms with van der Waals surface area (Å²) in [7, 11) is 0. The Morgan fingerprint density at radius 3 is 1.96 bits per heavy atom. The summed E-state index contributed by atoms with van der Waals surface area (Å²) in [6.45, 7) is 14.4. The van der Waals surface area contributed by atoms with Crippen molar-refractivity contribution >= 4 is 0 Å². The number of fused-ring (bicyclic) bond motifs is 1. The maximum absolute atomic E-state index is 12.1. The third kappa shape index (κ3) is 10.3. The topological polar surface area (TPSA) is 152 Å². The molecule has 0 spiro atoms. The largest absolute Gasteiger partial charge is 0.387 e. The first-order chi connectivity index (χ1) is 27.2. The molecule has 2 aromatic carbocycles. The first-order valence-electron chi connectivity index (χ1n) is 20.8. The molecule has 0 radical (unpaired) electrons. The average Bonchev–Trinajstić information content (AvgIpc) is 3.22. The molecule has 310 valence electrons. The van der Waals surface area contributed by atoms with E-state index in [9.17, 15) is 5.11 Å². The zero-order chi connectivity index (χ0) is 39.6. The molecule has 16 atom stereocenters. The molecule has 0 amide bonds. The predicted octanol–water partition coefficient (Wildman–Crippen LogP) is 7.85. The minimum Gasteiger partial charge on any atom is -0.387 e. The molecule has 4 fully saturated rings. The Morgan fingerprint density at radius 1 is 0.714 bits per heavy atom. The van der Waals surface area contributed by atoms with Crippen LogP contribution < -0.4 is 0 Å². The summed E-state index contributed by atoms with van der Waals surface area (Å²) in [6, 6.07) is 19.5. The van der Waals surface area contributed by atoms with Gasteiger partial charge in [0.1, 0.15) is 36.6 Å². The Hall–Kier alpha value is -2.65. The van der Waals surface area contributed by atoms with Crippen LogP contribution in [0.2, 0.25) is 0 Å². The Kier molecular flexibility index (Phi) is 16.0. The van der Waals surface area contributed by atoms with E-state index in [2.05, 4.69) is 51.6 Å². The first kappa shape index (κ1) is 42.9. The quantitative estimate of drug-likeness (QED) is 0.0727. The molecule has 4 aliphatic heterocycles. The van der Waals surface area contributed by atoms with Gasteiger partial charge in [0.25, 0.3) is 0 Å². The van der Waals surface area contributed by atoms with Crippen molar-refractivity contribution < 1.29 is 47.7 Å². The lowest BCUT2D eigenvalue weighted by Gasteiger charge is -2.51. The molecule has 4 heterocycles. The maximum atomic E-state index is 12.1. The smallest absolute Gasteiger partial charge is 0.187 e. The number of azide groups is 1. The zero-order valence-electron chi connectivity index (χ0n) is 33.8. The monoisotopic (exact) mass is 781 g/mol. The number of hydrogen-bond donors (Lipinski definition) is 1. The highest BCUT2D eigenvalue weighted by atomic mass is 16.8. The first-order valence-corrected chi connectivity index (χ1v) is 20.8. The maximum Gasteiger partial charge on any atom is 0.187 e. The molecule has 13 heteroatoms. The number of rotatable bonds is 17. The van der Waals surface area contributed by atoms with E-state index in [0.29, 0.717) is 13.2 Å². The minimum atomic E-state index is -1.08. The van der Waals surface area contributed by atoms with Crippen molar-refractivity contribution in [2.24, 2.45) is 28.8 Å². The normalized spacial score (nSPS) is 38.7. The Balaban J connectivity index is 1.23. The molecule has 0 saturated carbocycles. The van der Waals surface area contributed by atoms with E-state index in [1.807, 2.05) is 60.7 Å². The number of aliphatic hydroxyl groups excluding tert-OH is 1. The summed E-state index contributed by atoms with van der Waals surface area (Å²) < 4.78 is 59.6. The van der Waals surface area contributed by atoms with Crippen LogP contribution in [0.15, 0.2) is 65.8 Å². The lowest BCUT2D eigenvalue weighted by Crippen LogP contribution is -2.65. The summed E-state index contributed by atoms with van der Waals surface area (Å²) >= 11 is 0.